The van der Waals surface area contributed by atoms with Gasteiger partial charge in [-0.3, -0.25) is 23.7 Å². The molecule has 4 heterocycles. The molecule has 0 saturated heterocycles. The number of rotatable bonds is 6. The number of carbonyl (C=O) groups is 3. The quantitative estimate of drug-likeness (QED) is 0.194. The molecule has 236 valence electrons. The van der Waals surface area contributed by atoms with Crippen LogP contribution >= 0.6 is 0 Å². The van der Waals surface area contributed by atoms with Gasteiger partial charge in [-0.15, -0.1) is 0 Å². The molecule has 0 radical (unpaired) electrons. The molecule has 0 spiro atoms. The van der Waals surface area contributed by atoms with Gasteiger partial charge in [0, 0.05) is 59.9 Å². The van der Waals surface area contributed by atoms with Crippen molar-refractivity contribution >= 4 is 71.5 Å². The van der Waals surface area contributed by atoms with Crippen molar-refractivity contribution in [1.82, 2.24) is 39.5 Å². The highest BCUT2D eigenvalue weighted by Crippen LogP contribution is 2.29. The van der Waals surface area contributed by atoms with E-state index in [2.05, 4.69) is 30.1 Å². The van der Waals surface area contributed by atoms with E-state index < -0.39 is 21.7 Å². The summed E-state index contributed by atoms with van der Waals surface area (Å²) >= 11 is 0. The van der Waals surface area contributed by atoms with Gasteiger partial charge in [0.2, 0.25) is 15.0 Å². The van der Waals surface area contributed by atoms with Gasteiger partial charge < -0.3 is 16.2 Å². The number of aldehydes is 1. The van der Waals surface area contributed by atoms with Gasteiger partial charge in [0.1, 0.15) is 23.1 Å². The summed E-state index contributed by atoms with van der Waals surface area (Å²) in [5, 5.41) is 10.5. The monoisotopic (exact) mass is 652 g/mol. The zero-order valence-electron chi connectivity index (χ0n) is 24.9. The largest absolute Gasteiger partial charge is 0.424 e. The lowest BCUT2D eigenvalue weighted by Gasteiger charge is -2.06. The topological polar surface area (TPSA) is 234 Å². The van der Waals surface area contributed by atoms with Crippen LogP contribution in [0.1, 0.15) is 31.3 Å². The highest BCUT2D eigenvalue weighted by Gasteiger charge is 2.19. The molecule has 0 unspecified atom stereocenters. The second kappa shape index (κ2) is 11.5. The minimum absolute atomic E-state index is 0.119. The first kappa shape index (κ1) is 30.7. The molecular formula is C30H24N10O6S. The molecule has 0 aliphatic rings. The number of sulfone groups is 1. The molecule has 7 rings (SSSR count). The summed E-state index contributed by atoms with van der Waals surface area (Å²) in [6, 6.07) is 13.7. The molecule has 3 aromatic carbocycles. The van der Waals surface area contributed by atoms with Gasteiger partial charge in [0.05, 0.1) is 11.0 Å². The van der Waals surface area contributed by atoms with E-state index in [1.165, 1.54) is 10.9 Å². The third-order valence-corrected chi connectivity index (χ3v) is 7.93. The Kier molecular flexibility index (Phi) is 7.52. The summed E-state index contributed by atoms with van der Waals surface area (Å²) in [7, 11) is -0.181. The number of amides is 2. The van der Waals surface area contributed by atoms with Gasteiger partial charge >= 0.3 is 6.01 Å². The molecule has 16 nitrogen and oxygen atoms in total. The molecule has 0 aliphatic carbocycles. The maximum atomic E-state index is 11.6. The smallest absolute Gasteiger partial charge is 0.322 e. The van der Waals surface area contributed by atoms with Crippen LogP contribution in [0.5, 0.6) is 11.8 Å². The molecule has 7 aromatic rings. The van der Waals surface area contributed by atoms with Crippen LogP contribution in [0, 0.1) is 0 Å². The number of nitrogens with zero attached hydrogens (tertiary/aromatic N) is 8. The summed E-state index contributed by atoms with van der Waals surface area (Å²) in [6.07, 6.45) is 4.82. The van der Waals surface area contributed by atoms with Crippen LogP contribution in [0.2, 0.25) is 0 Å². The minimum atomic E-state index is -3.53. The number of hydrogen-bond donors (Lipinski definition) is 2. The molecule has 2 amide bonds. The van der Waals surface area contributed by atoms with Gasteiger partial charge in [-0.2, -0.15) is 15.2 Å². The van der Waals surface area contributed by atoms with Crippen LogP contribution in [-0.4, -0.2) is 72.3 Å². The van der Waals surface area contributed by atoms with Crippen LogP contribution in [0.15, 0.2) is 66.1 Å². The Labute approximate surface area is 264 Å². The maximum Gasteiger partial charge on any atom is 0.322 e. The van der Waals surface area contributed by atoms with Gasteiger partial charge in [-0.1, -0.05) is 24.3 Å². The van der Waals surface area contributed by atoms with Crippen molar-refractivity contribution in [3.05, 3.63) is 77.9 Å². The maximum absolute atomic E-state index is 11.6. The molecule has 0 saturated carbocycles. The van der Waals surface area contributed by atoms with E-state index in [1.54, 1.807) is 73.5 Å². The van der Waals surface area contributed by atoms with Crippen molar-refractivity contribution in [1.29, 1.82) is 0 Å². The van der Waals surface area contributed by atoms with Gasteiger partial charge in [0.25, 0.3) is 11.8 Å². The third-order valence-electron chi connectivity index (χ3n) is 7.07. The van der Waals surface area contributed by atoms with Crippen LogP contribution in [0.25, 0.3) is 43.6 Å². The zero-order chi connectivity index (χ0) is 33.6. The summed E-state index contributed by atoms with van der Waals surface area (Å²) in [6.45, 7) is 0. The highest BCUT2D eigenvalue weighted by atomic mass is 32.2. The van der Waals surface area contributed by atoms with E-state index in [0.717, 1.165) is 17.9 Å². The van der Waals surface area contributed by atoms with Crippen molar-refractivity contribution in [2.45, 2.75) is 5.16 Å². The standard InChI is InChI=1S/C18H13N5O3.C12H11N5O3S/c1-23-16-13(15(22-23)17(19)25)6-5-11-8-20-18(21-14(11)16)26-12-4-2-3-10(7-12)9-24;1-17-10-7(9(16-17)11(13)18)4-3-6-5-14-12(15-8(6)10)21(2,19)20/h2-9H,1H3,(H2,19,25);3-5H,1-2H3,(H2,13,18). The summed E-state index contributed by atoms with van der Waals surface area (Å²) in [5.41, 5.74) is 13.7. The number of aryl methyl sites for hydroxylation is 2. The number of benzene rings is 3. The average Bonchev–Trinajstić information content (AvgIpc) is 3.58. The van der Waals surface area contributed by atoms with E-state index in [1.807, 2.05) is 0 Å². The predicted molar refractivity (Wildman–Crippen MR) is 170 cm³/mol. The summed E-state index contributed by atoms with van der Waals surface area (Å²) < 4.78 is 31.9. The first-order valence-corrected chi connectivity index (χ1v) is 15.5. The Morgan fingerprint density at radius 2 is 1.36 bits per heavy atom. The normalized spacial score (nSPS) is 11.5. The van der Waals surface area contributed by atoms with Crippen molar-refractivity contribution in [3.63, 3.8) is 0 Å². The third kappa shape index (κ3) is 5.66. The number of nitrogens with two attached hydrogens (primary N) is 2. The van der Waals surface area contributed by atoms with Crippen molar-refractivity contribution < 1.29 is 27.5 Å². The molecule has 47 heavy (non-hydrogen) atoms. The molecule has 4 aromatic heterocycles. The van der Waals surface area contributed by atoms with E-state index in [9.17, 15) is 22.8 Å². The minimum Gasteiger partial charge on any atom is -0.424 e. The fourth-order valence-electron chi connectivity index (χ4n) is 5.03. The zero-order valence-corrected chi connectivity index (χ0v) is 25.8. The number of aromatic nitrogens is 8. The lowest BCUT2D eigenvalue weighted by molar-refractivity contribution is 0.0988. The number of primary amides is 2. The number of fused-ring (bicyclic) bond motifs is 6. The Balaban J connectivity index is 0.000000168. The van der Waals surface area contributed by atoms with Crippen molar-refractivity contribution in [2.24, 2.45) is 25.6 Å². The van der Waals surface area contributed by atoms with E-state index in [4.69, 9.17) is 16.2 Å². The van der Waals surface area contributed by atoms with Crippen LogP contribution < -0.4 is 16.2 Å². The number of ether oxygens (including phenoxy) is 1. The first-order valence-electron chi connectivity index (χ1n) is 13.6. The van der Waals surface area contributed by atoms with E-state index in [-0.39, 0.29) is 22.6 Å². The molecule has 4 N–H and O–H groups in total. The summed E-state index contributed by atoms with van der Waals surface area (Å²) in [5.74, 6) is -0.813. The molecule has 0 aliphatic heterocycles. The Bertz CT molecular complexity index is 2540. The van der Waals surface area contributed by atoms with Crippen LogP contribution in [0.3, 0.4) is 0 Å². The van der Waals surface area contributed by atoms with Crippen LogP contribution in [-0.2, 0) is 23.9 Å². The predicted octanol–water partition coefficient (Wildman–Crippen LogP) is 2.24. The lowest BCUT2D eigenvalue weighted by atomic mass is 10.1. The molecular weight excluding hydrogens is 628 g/mol. The molecule has 0 bridgehead atoms. The molecule has 0 atom stereocenters. The van der Waals surface area contributed by atoms with Crippen molar-refractivity contribution in [2.75, 3.05) is 6.26 Å². The Morgan fingerprint density at radius 1 is 0.809 bits per heavy atom. The second-order valence-electron chi connectivity index (χ2n) is 10.3. The fraction of sp³-hybridized carbons (Fsp3) is 0.100. The fourth-order valence-corrected chi connectivity index (χ4v) is 5.53. The van der Waals surface area contributed by atoms with E-state index in [0.29, 0.717) is 49.5 Å². The average molecular weight is 653 g/mol. The Morgan fingerprint density at radius 3 is 1.89 bits per heavy atom. The first-order chi connectivity index (χ1) is 22.3. The second-order valence-corrected chi connectivity index (χ2v) is 12.3. The Hall–Kier alpha value is -6.36. The van der Waals surface area contributed by atoms with Crippen LogP contribution in [0.4, 0.5) is 0 Å². The van der Waals surface area contributed by atoms with Crippen molar-refractivity contribution in [3.8, 4) is 11.8 Å². The SMILES string of the molecule is Cn1nc(C(N)=O)c2ccc3cnc(Oc4cccc(C=O)c4)nc3c21.Cn1nc(C(N)=O)c2ccc3cnc(S(C)(=O)=O)nc3c21. The van der Waals surface area contributed by atoms with Gasteiger partial charge in [-0.25, -0.2) is 23.4 Å². The van der Waals surface area contributed by atoms with E-state index >= 15 is 0 Å². The van der Waals surface area contributed by atoms with Gasteiger partial charge in [-0.05, 0) is 24.3 Å². The number of carbonyl (C=O) groups excluding carboxylic acids is 3. The number of hydrogen-bond acceptors (Lipinski definition) is 12. The molecule has 0 fully saturated rings. The lowest BCUT2D eigenvalue weighted by Crippen LogP contribution is -2.12. The summed E-state index contributed by atoms with van der Waals surface area (Å²) in [4.78, 5) is 50.5. The molecule has 17 heteroatoms. The van der Waals surface area contributed by atoms with Gasteiger partial charge in [0.15, 0.2) is 11.4 Å². The highest BCUT2D eigenvalue weighted by molar-refractivity contribution is 7.90.